The molecular weight excluding hydrogens is 456 g/mol. The Morgan fingerprint density at radius 1 is 1.22 bits per heavy atom. The van der Waals surface area contributed by atoms with Crippen LogP contribution in [0.15, 0.2) is 41.4 Å². The van der Waals surface area contributed by atoms with Crippen LogP contribution in [-0.4, -0.2) is 78.1 Å². The van der Waals surface area contributed by atoms with Crippen molar-refractivity contribution in [2.75, 3.05) is 14.1 Å². The molecule has 0 spiro atoms. The van der Waals surface area contributed by atoms with Crippen molar-refractivity contribution >= 4 is 44.2 Å². The van der Waals surface area contributed by atoms with Crippen molar-refractivity contribution in [2.24, 2.45) is 5.73 Å². The quantitative estimate of drug-likeness (QED) is 0.302. The Kier molecular flexibility index (Phi) is 4.90. The van der Waals surface area contributed by atoms with E-state index in [2.05, 4.69) is 6.58 Å². The topological polar surface area (TPSA) is 161 Å². The van der Waals surface area contributed by atoms with Crippen LogP contribution < -0.4 is 5.73 Å². The highest BCUT2D eigenvalue weighted by Crippen LogP contribution is 2.57. The number of hydrogen-bond donors (Lipinski definition) is 5. The smallest absolute Gasteiger partial charge is 0.255 e. The number of rotatable bonds is 2. The van der Waals surface area contributed by atoms with Gasteiger partial charge in [-0.05, 0) is 31.8 Å². The molecule has 0 unspecified atom stereocenters. The molecule has 0 aromatic heterocycles. The van der Waals surface area contributed by atoms with Crippen molar-refractivity contribution in [1.82, 2.24) is 4.90 Å². The number of hydrogen-bond acceptors (Lipinski definition) is 8. The molecule has 0 saturated carbocycles. The first-order valence-corrected chi connectivity index (χ1v) is 11.7. The Morgan fingerprint density at radius 2 is 1.84 bits per heavy atom. The van der Waals surface area contributed by atoms with E-state index < -0.39 is 66.8 Å². The molecule has 0 radical (unpaired) electrons. The van der Waals surface area contributed by atoms with Crippen molar-refractivity contribution in [3.8, 4) is 5.75 Å². The number of aromatic hydroxyl groups is 1. The molecule has 6 N–H and O–H groups in total. The summed E-state index contributed by atoms with van der Waals surface area (Å²) >= 11 is 6.29. The molecule has 32 heavy (non-hydrogen) atoms. The van der Waals surface area contributed by atoms with E-state index in [9.17, 15) is 34.8 Å². The molecule has 3 aliphatic rings. The van der Waals surface area contributed by atoms with Gasteiger partial charge < -0.3 is 26.2 Å². The molecule has 4 rings (SSSR count). The zero-order chi connectivity index (χ0) is 23.9. The summed E-state index contributed by atoms with van der Waals surface area (Å²) in [5.74, 6) is -5.22. The number of Topliss-reactive ketones (excluding diaryl/α,β-unsaturated/α-hetero) is 2. The molecule has 0 fully saturated rings. The van der Waals surface area contributed by atoms with Crippen molar-refractivity contribution in [3.63, 3.8) is 0 Å². The van der Waals surface area contributed by atoms with Crippen LogP contribution in [0.25, 0.3) is 5.57 Å². The van der Waals surface area contributed by atoms with Crippen LogP contribution in [0.2, 0.25) is 16.1 Å². The lowest BCUT2D eigenvalue weighted by Crippen LogP contribution is -2.62. The van der Waals surface area contributed by atoms with Gasteiger partial charge in [0.2, 0.25) is 5.78 Å². The predicted molar refractivity (Wildman–Crippen MR) is 118 cm³/mol. The lowest BCUT2D eigenvalue weighted by molar-refractivity contribution is -0.138. The summed E-state index contributed by atoms with van der Waals surface area (Å²) in [4.78, 5) is 40.0. The lowest BCUT2D eigenvalue weighted by atomic mass is 9.72. The fraction of sp³-hybridized carbons (Fsp3) is 0.286. The fourth-order valence-corrected chi connectivity index (χ4v) is 8.72. The highest BCUT2D eigenvalue weighted by atomic mass is 35.5. The first-order chi connectivity index (χ1) is 14.8. The average molecular weight is 477 g/mol. The van der Waals surface area contributed by atoms with Crippen LogP contribution in [0.3, 0.4) is 0 Å². The van der Waals surface area contributed by atoms with E-state index >= 15 is 0 Å². The molecule has 11 heteroatoms. The van der Waals surface area contributed by atoms with Gasteiger partial charge in [-0.2, -0.15) is 0 Å². The third kappa shape index (κ3) is 2.60. The molecule has 4 atom stereocenters. The van der Waals surface area contributed by atoms with Crippen molar-refractivity contribution in [1.29, 1.82) is 0 Å². The van der Waals surface area contributed by atoms with Gasteiger partial charge in [0, 0.05) is 36.8 Å². The third-order valence-electron chi connectivity index (χ3n) is 6.63. The van der Waals surface area contributed by atoms with Gasteiger partial charge in [0.1, 0.15) is 22.8 Å². The number of amides is 1. The van der Waals surface area contributed by atoms with Gasteiger partial charge in [-0.15, -0.1) is 0 Å². The number of aliphatic hydroxyl groups excluding tert-OH is 2. The molecule has 1 aliphatic heterocycles. The van der Waals surface area contributed by atoms with E-state index in [1.165, 1.54) is 17.0 Å². The van der Waals surface area contributed by atoms with Crippen molar-refractivity contribution in [2.45, 2.75) is 22.7 Å². The molecule has 1 amide bonds. The molecular formula is C21H21ClN2O7Si. The molecule has 1 aromatic rings. The maximum atomic E-state index is 13.4. The Bertz CT molecular complexity index is 1200. The number of ketones is 2. The number of carbonyl (C=O) groups is 3. The van der Waals surface area contributed by atoms with Gasteiger partial charge in [-0.1, -0.05) is 18.2 Å². The summed E-state index contributed by atoms with van der Waals surface area (Å²) in [6, 6.07) is 1.63. The second-order valence-electron chi connectivity index (χ2n) is 8.46. The number of nitrogens with zero attached hydrogens (tertiary/aromatic N) is 1. The third-order valence-corrected chi connectivity index (χ3v) is 9.86. The van der Waals surface area contributed by atoms with Crippen molar-refractivity contribution in [3.05, 3.63) is 57.5 Å². The predicted octanol–water partition coefficient (Wildman–Crippen LogP) is 0.368. The van der Waals surface area contributed by atoms with E-state index in [0.717, 1.165) is 0 Å². The number of benzene rings is 1. The minimum atomic E-state index is -2.63. The first kappa shape index (κ1) is 22.3. The molecule has 1 aromatic carbocycles. The molecule has 9 nitrogen and oxygen atoms in total. The van der Waals surface area contributed by atoms with E-state index in [-0.39, 0.29) is 27.5 Å². The highest BCUT2D eigenvalue weighted by Gasteiger charge is 2.63. The number of primary amides is 1. The van der Waals surface area contributed by atoms with Crippen molar-refractivity contribution < 1.29 is 34.8 Å². The van der Waals surface area contributed by atoms with E-state index in [0.29, 0.717) is 5.57 Å². The Labute approximate surface area is 189 Å². The zero-order valence-electron chi connectivity index (χ0n) is 17.2. The summed E-state index contributed by atoms with van der Waals surface area (Å²) in [6.07, 6.45) is 0. The summed E-state index contributed by atoms with van der Waals surface area (Å²) in [6.45, 7) is 4.04. The zero-order valence-corrected chi connectivity index (χ0v) is 19.4. The number of aliphatic hydroxyl groups is 3. The number of halogens is 1. The summed E-state index contributed by atoms with van der Waals surface area (Å²) in [5.41, 5.74) is 0.271. The monoisotopic (exact) mass is 476 g/mol. The Balaban J connectivity index is 2.03. The summed E-state index contributed by atoms with van der Waals surface area (Å²) < 4.78 is 0. The largest absolute Gasteiger partial charge is 0.510 e. The number of phenols is 1. The minimum absolute atomic E-state index is 0.183. The van der Waals surface area contributed by atoms with Crippen LogP contribution >= 0.6 is 11.6 Å². The van der Waals surface area contributed by atoms with Crippen LogP contribution in [0.5, 0.6) is 5.75 Å². The minimum Gasteiger partial charge on any atom is -0.510 e. The number of nitrogens with two attached hydrogens (primary N) is 1. The van der Waals surface area contributed by atoms with Crippen LogP contribution in [-0.2, 0) is 9.59 Å². The molecule has 168 valence electrons. The van der Waals surface area contributed by atoms with E-state index in [1.807, 2.05) is 0 Å². The van der Waals surface area contributed by atoms with Crippen LogP contribution in [0, 0.1) is 0 Å². The van der Waals surface area contributed by atoms with Crippen LogP contribution in [0.4, 0.5) is 0 Å². The van der Waals surface area contributed by atoms with E-state index in [4.69, 9.17) is 17.3 Å². The van der Waals surface area contributed by atoms with Gasteiger partial charge in [0.25, 0.3) is 5.91 Å². The second-order valence-corrected chi connectivity index (χ2v) is 11.0. The SMILES string of the molecule is C=C1c2c(Cl)ccc(O)c2C(=O)C2=C(O)[C@]3(O)C(=O)C(C(N)=O)=C(O)[C@@H](N(C)C)[C@@H]3[SiH2][C@H]12. The molecule has 2 aliphatic carbocycles. The number of phenolic OH excluding ortho intramolecular Hbond substituents is 1. The average Bonchev–Trinajstić information content (AvgIpc) is 2.69. The number of fused-ring (bicyclic) bond motifs is 3. The number of carbonyl (C=O) groups excluding carboxylic acids is 3. The van der Waals surface area contributed by atoms with Gasteiger partial charge in [0.05, 0.1) is 11.6 Å². The van der Waals surface area contributed by atoms with Gasteiger partial charge in [0.15, 0.2) is 11.4 Å². The standard InChI is InChI=1S/C21H21ClN2O7Si/c1-6-9-7(22)4-5-8(25)10(9)14(26)11-16(6)32-19-13(24(2)3)15(27)12(20(23)30)18(29)21(19,31)17(11)28/h4-5,13,16,19,25,27-28,31H,1,32H2,2-3H3,(H2,23,30)/t13-,16-,19+,21+/m1/s1. The van der Waals surface area contributed by atoms with Gasteiger partial charge in [-0.3, -0.25) is 19.3 Å². The molecule has 0 saturated heterocycles. The lowest BCUT2D eigenvalue weighted by Gasteiger charge is -2.50. The second kappa shape index (κ2) is 7.04. The van der Waals surface area contributed by atoms with Crippen LogP contribution in [0.1, 0.15) is 15.9 Å². The van der Waals surface area contributed by atoms with E-state index in [1.54, 1.807) is 14.1 Å². The number of likely N-dealkylation sites (N-methyl/N-ethyl adjacent to an activating group) is 1. The maximum Gasteiger partial charge on any atom is 0.255 e. The maximum absolute atomic E-state index is 13.4. The van der Waals surface area contributed by atoms with Gasteiger partial charge in [-0.25, -0.2) is 0 Å². The first-order valence-electron chi connectivity index (χ1n) is 9.71. The Hall–Kier alpha value is -2.92. The molecule has 0 bridgehead atoms. The summed E-state index contributed by atoms with van der Waals surface area (Å²) in [7, 11) is 1.40. The van der Waals surface area contributed by atoms with Gasteiger partial charge >= 0.3 is 0 Å². The Morgan fingerprint density at radius 3 is 2.41 bits per heavy atom. The highest BCUT2D eigenvalue weighted by molar-refractivity contribution is 6.52. The number of allylic oxidation sites excluding steroid dienone is 2. The fourth-order valence-electron chi connectivity index (χ4n) is 5.21. The normalized spacial score (nSPS) is 30.5. The summed E-state index contributed by atoms with van der Waals surface area (Å²) in [5, 5.41) is 43.9. The molecule has 1 heterocycles.